The number of hydrogen-bond donors (Lipinski definition) is 0. The molecule has 0 spiro atoms. The number of rotatable bonds is 5. The number of benzene rings is 3. The second-order valence-electron chi connectivity index (χ2n) is 8.96. The molecule has 5 aromatic rings. The zero-order chi connectivity index (χ0) is 24.5. The molecule has 180 valence electrons. The van der Waals surface area contributed by atoms with E-state index in [1.807, 2.05) is 33.0 Å². The third kappa shape index (κ3) is 4.32. The van der Waals surface area contributed by atoms with Crippen LogP contribution in [0.5, 0.6) is 0 Å². The van der Waals surface area contributed by atoms with Crippen LogP contribution >= 0.6 is 11.3 Å². The minimum absolute atomic E-state index is 0.0138. The van der Waals surface area contributed by atoms with Gasteiger partial charge in [-0.05, 0) is 35.4 Å². The van der Waals surface area contributed by atoms with Crippen molar-refractivity contribution < 1.29 is 9.18 Å². The molecule has 0 atom stereocenters. The van der Waals surface area contributed by atoms with E-state index < -0.39 is 0 Å². The molecule has 3 aromatic carbocycles. The van der Waals surface area contributed by atoms with E-state index in [1.54, 1.807) is 12.1 Å². The van der Waals surface area contributed by atoms with Crippen molar-refractivity contribution in [2.75, 3.05) is 26.2 Å². The predicted molar refractivity (Wildman–Crippen MR) is 141 cm³/mol. The maximum atomic E-state index is 13.5. The summed E-state index contributed by atoms with van der Waals surface area (Å²) in [7, 11) is 0. The lowest BCUT2D eigenvalue weighted by molar-refractivity contribution is 0.0591. The fraction of sp³-hybridized carbons (Fsp3) is 0.172. The number of thiazole rings is 1. The molecular formula is C29H25FN4OS. The SMILES string of the molecule is O=C(c1csc2nc(-c3ccc(F)cc3)cn12)N1CCN(C(c2ccccc2)c2ccccc2)CC1. The predicted octanol–water partition coefficient (Wildman–Crippen LogP) is 5.75. The van der Waals surface area contributed by atoms with E-state index >= 15 is 0 Å². The van der Waals surface area contributed by atoms with Gasteiger partial charge in [-0.25, -0.2) is 9.37 Å². The van der Waals surface area contributed by atoms with Crippen LogP contribution in [0.3, 0.4) is 0 Å². The van der Waals surface area contributed by atoms with Gasteiger partial charge in [0, 0.05) is 43.3 Å². The Morgan fingerprint density at radius 1 is 0.833 bits per heavy atom. The van der Waals surface area contributed by atoms with Crippen LogP contribution in [-0.2, 0) is 0 Å². The van der Waals surface area contributed by atoms with Crippen LogP contribution in [0.4, 0.5) is 4.39 Å². The minimum atomic E-state index is -0.281. The number of nitrogens with zero attached hydrogens (tertiary/aromatic N) is 4. The Kier molecular flexibility index (Phi) is 6.09. The number of fused-ring (bicyclic) bond motifs is 1. The van der Waals surface area contributed by atoms with Crippen molar-refractivity contribution in [3.05, 3.63) is 119 Å². The molecule has 1 amide bonds. The fourth-order valence-electron chi connectivity index (χ4n) is 4.93. The summed E-state index contributed by atoms with van der Waals surface area (Å²) in [6, 6.07) is 27.5. The first-order valence-electron chi connectivity index (χ1n) is 12.0. The average molecular weight is 497 g/mol. The first kappa shape index (κ1) is 22.6. The number of halogens is 1. The van der Waals surface area contributed by atoms with Gasteiger partial charge in [-0.1, -0.05) is 60.7 Å². The third-order valence-electron chi connectivity index (χ3n) is 6.77. The topological polar surface area (TPSA) is 40.9 Å². The summed E-state index contributed by atoms with van der Waals surface area (Å²) in [5, 5.41) is 1.88. The molecule has 1 fully saturated rings. The maximum absolute atomic E-state index is 13.5. The van der Waals surface area contributed by atoms with Gasteiger partial charge in [0.05, 0.1) is 11.7 Å². The van der Waals surface area contributed by atoms with E-state index in [2.05, 4.69) is 58.4 Å². The Morgan fingerprint density at radius 2 is 1.44 bits per heavy atom. The molecule has 2 aromatic heterocycles. The van der Waals surface area contributed by atoms with Crippen molar-refractivity contribution in [1.29, 1.82) is 0 Å². The first-order valence-corrected chi connectivity index (χ1v) is 12.9. The van der Waals surface area contributed by atoms with E-state index in [4.69, 9.17) is 0 Å². The molecule has 0 N–H and O–H groups in total. The Morgan fingerprint density at radius 3 is 2.06 bits per heavy atom. The van der Waals surface area contributed by atoms with Crippen molar-refractivity contribution in [1.82, 2.24) is 19.2 Å². The summed E-state index contributed by atoms with van der Waals surface area (Å²) in [4.78, 5) is 23.3. The zero-order valence-electron chi connectivity index (χ0n) is 19.6. The molecule has 1 aliphatic heterocycles. The quantitative estimate of drug-likeness (QED) is 0.311. The van der Waals surface area contributed by atoms with E-state index in [9.17, 15) is 9.18 Å². The molecule has 0 aliphatic carbocycles. The van der Waals surface area contributed by atoms with Crippen molar-refractivity contribution in [2.24, 2.45) is 0 Å². The second-order valence-corrected chi connectivity index (χ2v) is 9.80. The Hall–Kier alpha value is -3.81. The lowest BCUT2D eigenvalue weighted by Crippen LogP contribution is -2.50. The number of amides is 1. The van der Waals surface area contributed by atoms with Crippen LogP contribution in [0.1, 0.15) is 27.7 Å². The van der Waals surface area contributed by atoms with Crippen LogP contribution < -0.4 is 0 Å². The number of imidazole rings is 1. The monoisotopic (exact) mass is 496 g/mol. The molecule has 5 nitrogen and oxygen atoms in total. The van der Waals surface area contributed by atoms with E-state index in [0.717, 1.165) is 29.3 Å². The third-order valence-corrected chi connectivity index (χ3v) is 7.61. The minimum Gasteiger partial charge on any atom is -0.335 e. The van der Waals surface area contributed by atoms with E-state index in [0.29, 0.717) is 18.8 Å². The standard InChI is InChI=1S/C29H25FN4OS/c30-24-13-11-21(12-14-24)25-19-34-26(20-36-29(34)31-25)28(35)33-17-15-32(16-18-33)27(22-7-3-1-4-8-22)23-9-5-2-6-10-23/h1-14,19-20,27H,15-18H2. The highest BCUT2D eigenvalue weighted by Crippen LogP contribution is 2.30. The molecule has 0 bridgehead atoms. The second kappa shape index (κ2) is 9.68. The highest BCUT2D eigenvalue weighted by atomic mass is 32.1. The highest BCUT2D eigenvalue weighted by molar-refractivity contribution is 7.15. The number of carbonyl (C=O) groups excluding carboxylic acids is 1. The number of hydrogen-bond acceptors (Lipinski definition) is 4. The summed E-state index contributed by atoms with van der Waals surface area (Å²) in [5.74, 6) is -0.267. The molecular weight excluding hydrogens is 471 g/mol. The summed E-state index contributed by atoms with van der Waals surface area (Å²) in [5.41, 5.74) is 4.69. The van der Waals surface area contributed by atoms with Crippen LogP contribution in [-0.4, -0.2) is 51.3 Å². The van der Waals surface area contributed by atoms with Crippen molar-refractivity contribution in [3.8, 4) is 11.3 Å². The van der Waals surface area contributed by atoms with Gasteiger partial charge in [0.1, 0.15) is 11.5 Å². The van der Waals surface area contributed by atoms with E-state index in [-0.39, 0.29) is 17.8 Å². The Bertz CT molecular complexity index is 1430. The lowest BCUT2D eigenvalue weighted by atomic mass is 9.96. The molecule has 36 heavy (non-hydrogen) atoms. The van der Waals surface area contributed by atoms with Gasteiger partial charge in [0.15, 0.2) is 4.96 Å². The van der Waals surface area contributed by atoms with Crippen LogP contribution in [0.25, 0.3) is 16.2 Å². The smallest absolute Gasteiger partial charge is 0.271 e. The summed E-state index contributed by atoms with van der Waals surface area (Å²) >= 11 is 1.44. The molecule has 7 heteroatoms. The van der Waals surface area contributed by atoms with Crippen LogP contribution in [0.2, 0.25) is 0 Å². The van der Waals surface area contributed by atoms with Gasteiger partial charge in [-0.15, -0.1) is 11.3 Å². The van der Waals surface area contributed by atoms with Gasteiger partial charge in [0.25, 0.3) is 5.91 Å². The van der Waals surface area contributed by atoms with Gasteiger partial charge in [-0.2, -0.15) is 0 Å². The lowest BCUT2D eigenvalue weighted by Gasteiger charge is -2.39. The Labute approximate surface area is 213 Å². The van der Waals surface area contributed by atoms with Crippen molar-refractivity contribution >= 4 is 22.2 Å². The molecule has 1 aliphatic rings. The maximum Gasteiger partial charge on any atom is 0.271 e. The van der Waals surface area contributed by atoms with Gasteiger partial charge < -0.3 is 4.90 Å². The summed E-state index contributed by atoms with van der Waals surface area (Å²) < 4.78 is 15.2. The molecule has 3 heterocycles. The van der Waals surface area contributed by atoms with Crippen LogP contribution in [0.15, 0.2) is 96.5 Å². The Balaban J connectivity index is 1.20. The van der Waals surface area contributed by atoms with Gasteiger partial charge in [0.2, 0.25) is 0 Å². The van der Waals surface area contributed by atoms with Crippen LogP contribution in [0, 0.1) is 5.82 Å². The fourth-order valence-corrected chi connectivity index (χ4v) is 5.77. The number of aromatic nitrogens is 2. The molecule has 0 unspecified atom stereocenters. The van der Waals surface area contributed by atoms with Gasteiger partial charge in [-0.3, -0.25) is 14.1 Å². The largest absolute Gasteiger partial charge is 0.335 e. The van der Waals surface area contributed by atoms with Gasteiger partial charge >= 0.3 is 0 Å². The molecule has 0 radical (unpaired) electrons. The highest BCUT2D eigenvalue weighted by Gasteiger charge is 2.29. The first-order chi connectivity index (χ1) is 17.7. The average Bonchev–Trinajstić information content (AvgIpc) is 3.52. The number of piperazine rings is 1. The number of carbonyl (C=O) groups is 1. The van der Waals surface area contributed by atoms with E-state index in [1.165, 1.54) is 34.6 Å². The van der Waals surface area contributed by atoms with Crippen molar-refractivity contribution in [3.63, 3.8) is 0 Å². The molecule has 6 rings (SSSR count). The summed E-state index contributed by atoms with van der Waals surface area (Å²) in [6.45, 7) is 2.90. The molecule has 0 saturated carbocycles. The molecule has 1 saturated heterocycles. The normalized spacial score (nSPS) is 14.6. The zero-order valence-corrected chi connectivity index (χ0v) is 20.4. The van der Waals surface area contributed by atoms with Crippen molar-refractivity contribution in [2.45, 2.75) is 6.04 Å². The summed E-state index contributed by atoms with van der Waals surface area (Å²) in [6.07, 6.45) is 1.86.